The lowest BCUT2D eigenvalue weighted by molar-refractivity contribution is -0.335. The summed E-state index contributed by atoms with van der Waals surface area (Å²) in [5.74, 6) is -4.08. The second-order valence-electron chi connectivity index (χ2n) is 12.4. The van der Waals surface area contributed by atoms with Crippen LogP contribution in [0.15, 0.2) is 11.1 Å². The third-order valence-corrected chi connectivity index (χ3v) is 10.4. The van der Waals surface area contributed by atoms with Crippen molar-refractivity contribution in [3.8, 4) is 0 Å². The normalized spacial score (nSPS) is 47.4. The van der Waals surface area contributed by atoms with Crippen LogP contribution in [0.25, 0.3) is 0 Å². The van der Waals surface area contributed by atoms with E-state index in [1.165, 1.54) is 6.92 Å². The van der Waals surface area contributed by atoms with E-state index in [1.54, 1.807) is 27.7 Å². The Labute approximate surface area is 212 Å². The molecule has 5 N–H and O–H groups in total. The second kappa shape index (κ2) is 8.43. The predicted octanol–water partition coefficient (Wildman–Crippen LogP) is 1.39. The van der Waals surface area contributed by atoms with E-state index < -0.39 is 76.1 Å². The summed E-state index contributed by atoms with van der Waals surface area (Å²) in [6.07, 6.45) is -3.02. The van der Waals surface area contributed by atoms with Crippen molar-refractivity contribution in [3.05, 3.63) is 11.1 Å². The van der Waals surface area contributed by atoms with Crippen LogP contribution in [0.1, 0.15) is 61.3 Å². The molecule has 4 rings (SSSR count). The van der Waals surface area contributed by atoms with Crippen molar-refractivity contribution in [1.82, 2.24) is 0 Å². The summed E-state index contributed by atoms with van der Waals surface area (Å²) in [7, 11) is 0. The number of aliphatic hydroxyl groups is 4. The smallest absolute Gasteiger partial charge is 0.336 e. The number of ether oxygens (including phenoxy) is 2. The average Bonchev–Trinajstić information content (AvgIpc) is 2.81. The van der Waals surface area contributed by atoms with E-state index in [2.05, 4.69) is 0 Å². The number of hydrogen-bond donors (Lipinski definition) is 5. The number of fused-ring (bicyclic) bond motifs is 5. The molecule has 36 heavy (non-hydrogen) atoms. The van der Waals surface area contributed by atoms with Crippen LogP contribution in [0.4, 0.5) is 0 Å². The van der Waals surface area contributed by atoms with Crippen molar-refractivity contribution in [2.75, 3.05) is 6.61 Å². The van der Waals surface area contributed by atoms with E-state index in [4.69, 9.17) is 14.9 Å². The first-order chi connectivity index (χ1) is 16.5. The minimum Gasteiger partial charge on any atom is -0.456 e. The molecule has 2 bridgehead atoms. The van der Waals surface area contributed by atoms with E-state index in [9.17, 15) is 30.0 Å². The third kappa shape index (κ3) is 3.29. The highest BCUT2D eigenvalue weighted by Crippen LogP contribution is 2.65. The summed E-state index contributed by atoms with van der Waals surface area (Å²) in [4.78, 5) is 27.0. The van der Waals surface area contributed by atoms with Gasteiger partial charge in [-0.1, -0.05) is 34.6 Å². The van der Waals surface area contributed by atoms with Gasteiger partial charge in [0.15, 0.2) is 6.10 Å². The fourth-order valence-electron chi connectivity index (χ4n) is 8.13. The van der Waals surface area contributed by atoms with Crippen molar-refractivity contribution in [2.45, 2.75) is 96.9 Å². The molecule has 0 aromatic carbocycles. The maximum atomic E-state index is 14.2. The number of hydrogen-bond acceptors (Lipinski definition) is 9. The van der Waals surface area contributed by atoms with Crippen molar-refractivity contribution >= 4 is 18.0 Å². The monoisotopic (exact) mass is 507 g/mol. The van der Waals surface area contributed by atoms with Gasteiger partial charge >= 0.3 is 5.97 Å². The molecule has 0 amide bonds. The van der Waals surface area contributed by atoms with Crippen molar-refractivity contribution in [1.29, 1.82) is 5.41 Å². The number of esters is 1. The second-order valence-corrected chi connectivity index (χ2v) is 12.4. The maximum Gasteiger partial charge on any atom is 0.336 e. The number of carbonyl (C=O) groups is 2. The number of aliphatic hydroxyl groups excluding tert-OH is 2. The van der Waals surface area contributed by atoms with Gasteiger partial charge in [-0.25, -0.2) is 4.79 Å². The Morgan fingerprint density at radius 3 is 2.39 bits per heavy atom. The Hall–Kier alpha value is -1.65. The standard InChI is InChI=1S/C27H41NO8/c1-12(10-28)20(30)23(32)36-16-9-27(34)15(4)21-25(7,17(29)8-18-26(21,33)11-35-18)22(31)14(3)19(13(16)2)24(27,5)6/h10,12,14-18,20-21,28-30,33-34H,8-9,11H2,1-7H3/t12?,14-,15?,16?,17?,18?,20?,21?,25-,26?,27?/m1/s1. The summed E-state index contributed by atoms with van der Waals surface area (Å²) in [6.45, 7) is 12.3. The van der Waals surface area contributed by atoms with Crippen LogP contribution in [0.5, 0.6) is 0 Å². The van der Waals surface area contributed by atoms with Gasteiger partial charge in [-0.05, 0) is 30.9 Å². The van der Waals surface area contributed by atoms with Crippen LogP contribution in [-0.2, 0) is 19.1 Å². The van der Waals surface area contributed by atoms with Crippen LogP contribution < -0.4 is 0 Å². The molecule has 0 spiro atoms. The Kier molecular flexibility index (Phi) is 6.41. The zero-order valence-electron chi connectivity index (χ0n) is 22.2. The van der Waals surface area contributed by atoms with E-state index in [0.717, 1.165) is 6.21 Å². The van der Waals surface area contributed by atoms with Gasteiger partial charge in [0.05, 0.1) is 29.8 Å². The molecule has 9 unspecified atom stereocenters. The molecular weight excluding hydrogens is 466 g/mol. The number of Topliss-reactive ketones (excluding diaryl/α,β-unsaturated/α-hetero) is 1. The highest BCUT2D eigenvalue weighted by molar-refractivity contribution is 5.91. The van der Waals surface area contributed by atoms with E-state index >= 15 is 0 Å². The van der Waals surface area contributed by atoms with Gasteiger partial charge in [0.1, 0.15) is 17.5 Å². The van der Waals surface area contributed by atoms with Crippen LogP contribution in [-0.4, -0.2) is 80.6 Å². The number of carbonyl (C=O) groups excluding carboxylic acids is 2. The third-order valence-electron chi connectivity index (χ3n) is 10.4. The minimum absolute atomic E-state index is 0.000873. The molecule has 3 fully saturated rings. The zero-order valence-corrected chi connectivity index (χ0v) is 22.2. The molecule has 1 heterocycles. The predicted molar refractivity (Wildman–Crippen MR) is 130 cm³/mol. The molecule has 0 radical (unpaired) electrons. The lowest BCUT2D eigenvalue weighted by atomic mass is 9.42. The van der Waals surface area contributed by atoms with Crippen molar-refractivity contribution in [2.24, 2.45) is 34.5 Å². The molecule has 9 nitrogen and oxygen atoms in total. The summed E-state index contributed by atoms with van der Waals surface area (Å²) in [5, 5.41) is 53.2. The molecule has 0 aromatic rings. The van der Waals surface area contributed by atoms with Crippen LogP contribution >= 0.6 is 0 Å². The van der Waals surface area contributed by atoms with Crippen LogP contribution in [0.2, 0.25) is 0 Å². The number of nitrogens with one attached hydrogen (secondary N) is 1. The van der Waals surface area contributed by atoms with Gasteiger partial charge in [-0.15, -0.1) is 0 Å². The number of ketones is 1. The summed E-state index contributed by atoms with van der Waals surface area (Å²) < 4.78 is 11.3. The first-order valence-electron chi connectivity index (χ1n) is 12.9. The molecule has 3 aliphatic carbocycles. The lowest BCUT2D eigenvalue weighted by Crippen LogP contribution is -2.78. The Bertz CT molecular complexity index is 1010. The highest BCUT2D eigenvalue weighted by atomic mass is 16.6. The molecule has 0 aromatic heterocycles. The van der Waals surface area contributed by atoms with Gasteiger partial charge in [0.2, 0.25) is 0 Å². The summed E-state index contributed by atoms with van der Waals surface area (Å²) >= 11 is 0. The zero-order chi connectivity index (χ0) is 27.2. The first kappa shape index (κ1) is 27.4. The molecule has 9 heteroatoms. The van der Waals surface area contributed by atoms with Gasteiger partial charge in [-0.3, -0.25) is 4.79 Å². The molecule has 2 saturated carbocycles. The van der Waals surface area contributed by atoms with E-state index in [-0.39, 0.29) is 25.2 Å². The van der Waals surface area contributed by atoms with Crippen LogP contribution in [0, 0.1) is 39.9 Å². The highest BCUT2D eigenvalue weighted by Gasteiger charge is 2.73. The van der Waals surface area contributed by atoms with Crippen molar-refractivity contribution < 1.29 is 39.5 Å². The van der Waals surface area contributed by atoms with Gasteiger partial charge in [0, 0.05) is 42.2 Å². The average molecular weight is 508 g/mol. The van der Waals surface area contributed by atoms with E-state index in [1.807, 2.05) is 13.8 Å². The Morgan fingerprint density at radius 1 is 1.25 bits per heavy atom. The van der Waals surface area contributed by atoms with Crippen molar-refractivity contribution in [3.63, 3.8) is 0 Å². The molecular formula is C27H41NO8. The molecule has 1 saturated heterocycles. The largest absolute Gasteiger partial charge is 0.456 e. The fourth-order valence-corrected chi connectivity index (χ4v) is 8.13. The minimum atomic E-state index is -1.53. The molecule has 4 aliphatic rings. The maximum absolute atomic E-state index is 14.2. The topological polar surface area (TPSA) is 157 Å². The molecule has 11 atom stereocenters. The first-order valence-corrected chi connectivity index (χ1v) is 12.9. The Balaban J connectivity index is 1.88. The molecule has 202 valence electrons. The summed E-state index contributed by atoms with van der Waals surface area (Å²) in [6, 6.07) is 0. The van der Waals surface area contributed by atoms with Gasteiger partial charge < -0.3 is 35.3 Å². The molecule has 1 aliphatic heterocycles. The van der Waals surface area contributed by atoms with Gasteiger partial charge in [-0.2, -0.15) is 0 Å². The number of rotatable bonds is 4. The quantitative estimate of drug-likeness (QED) is 0.217. The van der Waals surface area contributed by atoms with Gasteiger partial charge in [0.25, 0.3) is 0 Å². The van der Waals surface area contributed by atoms with Crippen LogP contribution in [0.3, 0.4) is 0 Å². The summed E-state index contributed by atoms with van der Waals surface area (Å²) in [5.41, 5.74) is -3.87. The SMILES string of the molecule is CC1=C2[C@@H](C)C(=O)[C@]3(C)C(O)CC4OCC4(O)C3C(C)C(O)(CC1OC(=O)C(O)C(C)C=N)C2(C)C. The van der Waals surface area contributed by atoms with E-state index in [0.29, 0.717) is 11.1 Å². The lowest BCUT2D eigenvalue weighted by Gasteiger charge is -2.67. The fraction of sp³-hybridized carbons (Fsp3) is 0.815. The Morgan fingerprint density at radius 2 is 1.86 bits per heavy atom.